The molecule has 0 spiro atoms. The average Bonchev–Trinajstić information content (AvgIpc) is 2.49. The van der Waals surface area contributed by atoms with Gasteiger partial charge in [-0.25, -0.2) is 4.79 Å². The molecule has 1 aromatic rings. The van der Waals surface area contributed by atoms with Crippen molar-refractivity contribution in [2.45, 2.75) is 38.1 Å². The molecule has 0 saturated heterocycles. The molecule has 116 valence electrons. The summed E-state index contributed by atoms with van der Waals surface area (Å²) in [5.41, 5.74) is 7.12. The van der Waals surface area contributed by atoms with Crippen LogP contribution in [0.4, 0.5) is 11.4 Å². The summed E-state index contributed by atoms with van der Waals surface area (Å²) in [5.74, 6) is -0.953. The van der Waals surface area contributed by atoms with Crippen molar-refractivity contribution in [1.82, 2.24) is 4.90 Å². The zero-order valence-corrected chi connectivity index (χ0v) is 12.6. The Morgan fingerprint density at radius 3 is 2.76 bits per heavy atom. The topological polar surface area (TPSA) is 78.6 Å². The molecule has 2 rings (SSSR count). The number of rotatable bonds is 6. The average molecular weight is 291 g/mol. The number of carbonyl (C=O) groups is 1. The van der Waals surface area contributed by atoms with E-state index >= 15 is 0 Å². The normalized spacial score (nSPS) is 16.1. The van der Waals surface area contributed by atoms with Crippen LogP contribution in [-0.2, 0) is 0 Å². The Balaban J connectivity index is 1.89. The van der Waals surface area contributed by atoms with Crippen LogP contribution >= 0.6 is 0 Å². The molecule has 0 bridgehead atoms. The van der Waals surface area contributed by atoms with E-state index in [0.29, 0.717) is 24.0 Å². The fourth-order valence-corrected chi connectivity index (χ4v) is 3.01. The number of benzene rings is 1. The number of hydrogen-bond donors (Lipinski definition) is 3. The highest BCUT2D eigenvalue weighted by atomic mass is 16.4. The van der Waals surface area contributed by atoms with E-state index in [0.717, 1.165) is 6.54 Å². The number of likely N-dealkylation sites (N-methyl/N-ethyl adjacent to an activating group) is 1. The van der Waals surface area contributed by atoms with Crippen LogP contribution in [0.25, 0.3) is 0 Å². The van der Waals surface area contributed by atoms with Gasteiger partial charge in [0.15, 0.2) is 0 Å². The monoisotopic (exact) mass is 291 g/mol. The van der Waals surface area contributed by atoms with E-state index in [1.807, 2.05) is 0 Å². The number of anilines is 2. The number of nitrogen functional groups attached to an aromatic ring is 1. The van der Waals surface area contributed by atoms with Gasteiger partial charge in [0, 0.05) is 19.1 Å². The molecular formula is C16H25N3O2. The maximum atomic E-state index is 11.2. The molecule has 1 fully saturated rings. The van der Waals surface area contributed by atoms with Crippen molar-refractivity contribution in [3.05, 3.63) is 23.8 Å². The molecule has 1 aliphatic rings. The van der Waals surface area contributed by atoms with Crippen molar-refractivity contribution in [3.8, 4) is 0 Å². The second-order valence-corrected chi connectivity index (χ2v) is 5.77. The largest absolute Gasteiger partial charge is 0.478 e. The summed E-state index contributed by atoms with van der Waals surface area (Å²) in [4.78, 5) is 13.6. The van der Waals surface area contributed by atoms with Crippen LogP contribution in [0.3, 0.4) is 0 Å². The van der Waals surface area contributed by atoms with Crippen molar-refractivity contribution < 1.29 is 9.90 Å². The van der Waals surface area contributed by atoms with Crippen molar-refractivity contribution in [2.75, 3.05) is 31.2 Å². The van der Waals surface area contributed by atoms with Crippen molar-refractivity contribution >= 4 is 17.3 Å². The van der Waals surface area contributed by atoms with Gasteiger partial charge in [0.1, 0.15) is 0 Å². The van der Waals surface area contributed by atoms with Gasteiger partial charge >= 0.3 is 5.97 Å². The number of carboxylic acids is 1. The van der Waals surface area contributed by atoms with Gasteiger partial charge in [0.25, 0.3) is 0 Å². The minimum Gasteiger partial charge on any atom is -0.478 e. The minimum atomic E-state index is -0.953. The van der Waals surface area contributed by atoms with E-state index in [2.05, 4.69) is 17.3 Å². The standard InChI is InChI=1S/C16H25N3O2/c1-19(12-6-3-2-4-7-12)11-10-18-15-13(16(20)21)8-5-9-14(15)17/h5,8-9,12,18H,2-4,6-7,10-11,17H2,1H3,(H,20,21). The third kappa shape index (κ3) is 4.11. The van der Waals surface area contributed by atoms with Crippen LogP contribution in [0.5, 0.6) is 0 Å². The second kappa shape index (κ2) is 7.31. The lowest BCUT2D eigenvalue weighted by atomic mass is 9.94. The molecule has 0 heterocycles. The first-order chi connectivity index (χ1) is 10.1. The molecule has 0 radical (unpaired) electrons. The van der Waals surface area contributed by atoms with Gasteiger partial charge in [-0.3, -0.25) is 0 Å². The van der Waals surface area contributed by atoms with Gasteiger partial charge in [0.05, 0.1) is 16.9 Å². The second-order valence-electron chi connectivity index (χ2n) is 5.77. The molecule has 0 atom stereocenters. The molecule has 1 aliphatic carbocycles. The first kappa shape index (κ1) is 15.6. The van der Waals surface area contributed by atoms with E-state index in [4.69, 9.17) is 5.73 Å². The molecule has 1 saturated carbocycles. The molecule has 5 heteroatoms. The molecule has 21 heavy (non-hydrogen) atoms. The summed E-state index contributed by atoms with van der Waals surface area (Å²) in [6.07, 6.45) is 6.52. The van der Waals surface area contributed by atoms with E-state index in [9.17, 15) is 9.90 Å². The highest BCUT2D eigenvalue weighted by Crippen LogP contribution is 2.24. The number of nitrogens with zero attached hydrogens (tertiary/aromatic N) is 1. The predicted octanol–water partition coefficient (Wildman–Crippen LogP) is 2.64. The van der Waals surface area contributed by atoms with Crippen LogP contribution in [0, 0.1) is 0 Å². The Labute approximate surface area is 126 Å². The number of nitrogens with one attached hydrogen (secondary N) is 1. The van der Waals surface area contributed by atoms with Gasteiger partial charge in [0.2, 0.25) is 0 Å². The maximum absolute atomic E-state index is 11.2. The molecular weight excluding hydrogens is 266 g/mol. The van der Waals surface area contributed by atoms with Crippen LogP contribution in [0.15, 0.2) is 18.2 Å². The Bertz CT molecular complexity index is 484. The Kier molecular flexibility index (Phi) is 5.44. The van der Waals surface area contributed by atoms with E-state index in [1.165, 1.54) is 32.1 Å². The highest BCUT2D eigenvalue weighted by molar-refractivity contribution is 5.97. The van der Waals surface area contributed by atoms with Crippen LogP contribution in [0.1, 0.15) is 42.5 Å². The highest BCUT2D eigenvalue weighted by Gasteiger charge is 2.18. The molecule has 0 unspecified atom stereocenters. The molecule has 0 amide bonds. The van der Waals surface area contributed by atoms with E-state index in [-0.39, 0.29) is 5.56 Å². The molecule has 0 aliphatic heterocycles. The predicted molar refractivity (Wildman–Crippen MR) is 85.8 cm³/mol. The summed E-state index contributed by atoms with van der Waals surface area (Å²) < 4.78 is 0. The fourth-order valence-electron chi connectivity index (χ4n) is 3.01. The lowest BCUT2D eigenvalue weighted by Gasteiger charge is -2.31. The smallest absolute Gasteiger partial charge is 0.337 e. The third-order valence-electron chi connectivity index (χ3n) is 4.29. The number of aromatic carboxylic acids is 1. The number of hydrogen-bond acceptors (Lipinski definition) is 4. The third-order valence-corrected chi connectivity index (χ3v) is 4.29. The molecule has 0 aromatic heterocycles. The lowest BCUT2D eigenvalue weighted by Crippen LogP contribution is -2.36. The SMILES string of the molecule is CN(CCNc1c(N)cccc1C(=O)O)C1CCCCC1. The van der Waals surface area contributed by atoms with Gasteiger partial charge in [-0.05, 0) is 32.0 Å². The summed E-state index contributed by atoms with van der Waals surface area (Å²) in [6.45, 7) is 1.58. The van der Waals surface area contributed by atoms with Crippen molar-refractivity contribution in [1.29, 1.82) is 0 Å². The first-order valence-electron chi connectivity index (χ1n) is 7.65. The number of para-hydroxylation sites is 1. The quantitative estimate of drug-likeness (QED) is 0.702. The summed E-state index contributed by atoms with van der Waals surface area (Å²) in [7, 11) is 2.14. The Hall–Kier alpha value is -1.75. The van der Waals surface area contributed by atoms with Crippen LogP contribution < -0.4 is 11.1 Å². The van der Waals surface area contributed by atoms with Gasteiger partial charge < -0.3 is 21.1 Å². The number of nitrogens with two attached hydrogens (primary N) is 1. The van der Waals surface area contributed by atoms with Gasteiger partial charge in [-0.15, -0.1) is 0 Å². The van der Waals surface area contributed by atoms with E-state index in [1.54, 1.807) is 18.2 Å². The Morgan fingerprint density at radius 2 is 2.10 bits per heavy atom. The summed E-state index contributed by atoms with van der Waals surface area (Å²) >= 11 is 0. The zero-order valence-electron chi connectivity index (χ0n) is 12.6. The zero-order chi connectivity index (χ0) is 15.2. The molecule has 5 nitrogen and oxygen atoms in total. The van der Waals surface area contributed by atoms with Crippen molar-refractivity contribution in [3.63, 3.8) is 0 Å². The first-order valence-corrected chi connectivity index (χ1v) is 7.65. The lowest BCUT2D eigenvalue weighted by molar-refractivity contribution is 0.0698. The van der Waals surface area contributed by atoms with Crippen LogP contribution in [-0.4, -0.2) is 42.2 Å². The fraction of sp³-hybridized carbons (Fsp3) is 0.562. The van der Waals surface area contributed by atoms with Gasteiger partial charge in [-0.2, -0.15) is 0 Å². The summed E-state index contributed by atoms with van der Waals surface area (Å²) in [6, 6.07) is 5.62. The molecule has 1 aromatic carbocycles. The van der Waals surface area contributed by atoms with Gasteiger partial charge in [-0.1, -0.05) is 25.3 Å². The van der Waals surface area contributed by atoms with Crippen molar-refractivity contribution in [2.24, 2.45) is 0 Å². The number of carboxylic acid groups (broad SMARTS) is 1. The molecule has 4 N–H and O–H groups in total. The maximum Gasteiger partial charge on any atom is 0.337 e. The van der Waals surface area contributed by atoms with E-state index < -0.39 is 5.97 Å². The Morgan fingerprint density at radius 1 is 1.38 bits per heavy atom. The minimum absolute atomic E-state index is 0.232. The summed E-state index contributed by atoms with van der Waals surface area (Å²) in [5, 5.41) is 12.4. The van der Waals surface area contributed by atoms with Crippen LogP contribution in [0.2, 0.25) is 0 Å².